The number of nitrogens with zero attached hydrogens (tertiary/aromatic N) is 1. The second-order valence-electron chi connectivity index (χ2n) is 11.2. The molecule has 0 aromatic heterocycles. The number of hydrogen-bond donors (Lipinski definition) is 2. The topological polar surface area (TPSA) is 87.7 Å². The quantitative estimate of drug-likeness (QED) is 0.328. The van der Waals surface area contributed by atoms with Gasteiger partial charge in [-0.3, -0.25) is 9.59 Å². The van der Waals surface area contributed by atoms with Crippen molar-refractivity contribution in [1.82, 2.24) is 15.5 Å². The number of aryl methyl sites for hydroxylation is 1. The van der Waals surface area contributed by atoms with Crippen LogP contribution in [-0.2, 0) is 14.3 Å². The molecule has 1 aromatic carbocycles. The van der Waals surface area contributed by atoms with E-state index in [9.17, 15) is 14.4 Å². The van der Waals surface area contributed by atoms with Crippen molar-refractivity contribution >= 4 is 17.9 Å². The van der Waals surface area contributed by atoms with Gasteiger partial charge in [-0.2, -0.15) is 0 Å². The number of carbonyl (C=O) groups is 3. The summed E-state index contributed by atoms with van der Waals surface area (Å²) in [6.45, 7) is 17.9. The van der Waals surface area contributed by atoms with Gasteiger partial charge in [-0.15, -0.1) is 0 Å². The Balaban J connectivity index is 3.35. The lowest BCUT2D eigenvalue weighted by Gasteiger charge is -2.38. The number of nitrogens with one attached hydrogen (secondary N) is 2. The van der Waals surface area contributed by atoms with Gasteiger partial charge in [0.15, 0.2) is 0 Å². The van der Waals surface area contributed by atoms with Crippen LogP contribution in [0.1, 0.15) is 105 Å². The average molecular weight is 504 g/mol. The number of rotatable bonds is 13. The minimum atomic E-state index is -0.859. The van der Waals surface area contributed by atoms with Gasteiger partial charge in [-0.25, -0.2) is 4.79 Å². The first-order valence-corrected chi connectivity index (χ1v) is 13.4. The van der Waals surface area contributed by atoms with Crippen molar-refractivity contribution in [1.29, 1.82) is 0 Å². The molecule has 3 amide bonds. The van der Waals surface area contributed by atoms with Crippen LogP contribution in [-0.4, -0.2) is 47.0 Å². The second kappa shape index (κ2) is 14.9. The van der Waals surface area contributed by atoms with E-state index in [4.69, 9.17) is 4.74 Å². The van der Waals surface area contributed by atoms with E-state index < -0.39 is 23.8 Å². The first kappa shape index (κ1) is 31.5. The van der Waals surface area contributed by atoms with Gasteiger partial charge in [0.25, 0.3) is 0 Å². The Morgan fingerprint density at radius 3 is 2.11 bits per heavy atom. The second-order valence-corrected chi connectivity index (χ2v) is 11.2. The largest absolute Gasteiger partial charge is 0.444 e. The van der Waals surface area contributed by atoms with Gasteiger partial charge < -0.3 is 20.3 Å². The van der Waals surface area contributed by atoms with Crippen LogP contribution < -0.4 is 10.6 Å². The average Bonchev–Trinajstić information content (AvgIpc) is 2.77. The standard InChI is InChI=1S/C29H49N3O4/c1-10-11-12-19-30-26(33)25(24-17-14-21(4)15-18-24)32(22(5)16-13-20(2)3)27(34)23(6)31-28(35)36-29(7,8)9/h14-15,17-18,20,22-23,25H,10-13,16,19H2,1-9H3,(H,30,33)(H,31,35). The summed E-state index contributed by atoms with van der Waals surface area (Å²) in [6, 6.07) is 5.86. The van der Waals surface area contributed by atoms with Crippen LogP contribution in [0.3, 0.4) is 0 Å². The molecule has 0 aliphatic heterocycles. The molecule has 7 nitrogen and oxygen atoms in total. The molecule has 2 N–H and O–H groups in total. The molecule has 0 radical (unpaired) electrons. The van der Waals surface area contributed by atoms with Crippen molar-refractivity contribution < 1.29 is 19.1 Å². The molecule has 0 fully saturated rings. The molecule has 1 aromatic rings. The highest BCUT2D eigenvalue weighted by atomic mass is 16.6. The van der Waals surface area contributed by atoms with Crippen LogP contribution in [0, 0.1) is 12.8 Å². The predicted octanol–water partition coefficient (Wildman–Crippen LogP) is 5.91. The number of amides is 3. The van der Waals surface area contributed by atoms with Crippen LogP contribution in [0.5, 0.6) is 0 Å². The van der Waals surface area contributed by atoms with Crippen molar-refractivity contribution in [2.75, 3.05) is 6.54 Å². The lowest BCUT2D eigenvalue weighted by Crippen LogP contribution is -2.54. The van der Waals surface area contributed by atoms with E-state index in [2.05, 4.69) is 31.4 Å². The minimum Gasteiger partial charge on any atom is -0.444 e. The Kier molecular flexibility index (Phi) is 13.0. The van der Waals surface area contributed by atoms with E-state index in [1.54, 1.807) is 32.6 Å². The molecule has 1 rings (SSSR count). The normalized spacial score (nSPS) is 14.1. The van der Waals surface area contributed by atoms with Crippen LogP contribution in [0.2, 0.25) is 0 Å². The highest BCUT2D eigenvalue weighted by molar-refractivity contribution is 5.92. The Labute approximate surface area is 218 Å². The zero-order valence-electron chi connectivity index (χ0n) is 23.9. The maximum Gasteiger partial charge on any atom is 0.408 e. The fraction of sp³-hybridized carbons (Fsp3) is 0.690. The molecule has 204 valence electrons. The summed E-state index contributed by atoms with van der Waals surface area (Å²) in [4.78, 5) is 41.5. The van der Waals surface area contributed by atoms with E-state index in [0.717, 1.165) is 43.2 Å². The Morgan fingerprint density at radius 2 is 1.58 bits per heavy atom. The van der Waals surface area contributed by atoms with Gasteiger partial charge in [-0.05, 0) is 72.3 Å². The van der Waals surface area contributed by atoms with Crippen molar-refractivity contribution in [2.24, 2.45) is 5.92 Å². The first-order valence-electron chi connectivity index (χ1n) is 13.4. The third kappa shape index (κ3) is 11.0. The summed E-state index contributed by atoms with van der Waals surface area (Å²) in [5.41, 5.74) is 1.15. The van der Waals surface area contributed by atoms with Crippen LogP contribution in [0.15, 0.2) is 24.3 Å². The predicted molar refractivity (Wildman–Crippen MR) is 146 cm³/mol. The van der Waals surface area contributed by atoms with Gasteiger partial charge in [-0.1, -0.05) is 63.4 Å². The maximum absolute atomic E-state index is 13.9. The van der Waals surface area contributed by atoms with Gasteiger partial charge in [0.05, 0.1) is 0 Å². The number of unbranched alkanes of at least 4 members (excludes halogenated alkanes) is 2. The van der Waals surface area contributed by atoms with E-state index in [0.29, 0.717) is 12.5 Å². The molecule has 36 heavy (non-hydrogen) atoms. The van der Waals surface area contributed by atoms with Crippen LogP contribution in [0.25, 0.3) is 0 Å². The van der Waals surface area contributed by atoms with Crippen LogP contribution >= 0.6 is 0 Å². The molecule has 3 atom stereocenters. The number of carbonyl (C=O) groups excluding carboxylic acids is 3. The molecule has 0 aliphatic carbocycles. The first-order chi connectivity index (χ1) is 16.8. The van der Waals surface area contributed by atoms with E-state index >= 15 is 0 Å². The van der Waals surface area contributed by atoms with Gasteiger partial charge in [0.2, 0.25) is 11.8 Å². The highest BCUT2D eigenvalue weighted by Gasteiger charge is 2.37. The van der Waals surface area contributed by atoms with Crippen LogP contribution in [0.4, 0.5) is 4.79 Å². The van der Waals surface area contributed by atoms with Crippen molar-refractivity contribution in [3.8, 4) is 0 Å². The number of ether oxygens (including phenoxy) is 1. The maximum atomic E-state index is 13.9. The van der Waals surface area contributed by atoms with Crippen molar-refractivity contribution in [3.05, 3.63) is 35.4 Å². The number of benzene rings is 1. The summed E-state index contributed by atoms with van der Waals surface area (Å²) < 4.78 is 5.36. The molecule has 0 saturated heterocycles. The lowest BCUT2D eigenvalue weighted by molar-refractivity contribution is -0.144. The number of alkyl carbamates (subject to hydrolysis) is 1. The Morgan fingerprint density at radius 1 is 0.972 bits per heavy atom. The highest BCUT2D eigenvalue weighted by Crippen LogP contribution is 2.28. The van der Waals surface area contributed by atoms with Crippen molar-refractivity contribution in [2.45, 2.75) is 118 Å². The third-order valence-corrected chi connectivity index (χ3v) is 5.99. The van der Waals surface area contributed by atoms with E-state index in [-0.39, 0.29) is 17.9 Å². The molecule has 0 heterocycles. The molecular formula is C29H49N3O4. The fourth-order valence-electron chi connectivity index (χ4n) is 3.95. The summed E-state index contributed by atoms with van der Waals surface area (Å²) in [7, 11) is 0. The van der Waals surface area contributed by atoms with Gasteiger partial charge in [0.1, 0.15) is 17.7 Å². The molecule has 7 heteroatoms. The fourth-order valence-corrected chi connectivity index (χ4v) is 3.95. The summed E-state index contributed by atoms with van der Waals surface area (Å²) in [5, 5.41) is 5.72. The lowest BCUT2D eigenvalue weighted by atomic mass is 9.97. The monoisotopic (exact) mass is 503 g/mol. The molecule has 0 aliphatic rings. The summed E-state index contributed by atoms with van der Waals surface area (Å²) in [6.07, 6.45) is 3.97. The van der Waals surface area contributed by atoms with Gasteiger partial charge >= 0.3 is 6.09 Å². The smallest absolute Gasteiger partial charge is 0.408 e. The summed E-state index contributed by atoms with van der Waals surface area (Å²) >= 11 is 0. The molecule has 0 bridgehead atoms. The van der Waals surface area contributed by atoms with Gasteiger partial charge in [0, 0.05) is 12.6 Å². The zero-order chi connectivity index (χ0) is 27.5. The van der Waals surface area contributed by atoms with E-state index in [1.165, 1.54) is 0 Å². The molecule has 0 saturated carbocycles. The Hall–Kier alpha value is -2.57. The molecule has 3 unspecified atom stereocenters. The van der Waals surface area contributed by atoms with E-state index in [1.807, 2.05) is 38.1 Å². The minimum absolute atomic E-state index is 0.204. The SMILES string of the molecule is CCCCCNC(=O)C(c1ccc(C)cc1)N(C(=O)C(C)NC(=O)OC(C)(C)C)C(C)CCC(C)C. The zero-order valence-corrected chi connectivity index (χ0v) is 23.9. The number of hydrogen-bond acceptors (Lipinski definition) is 4. The molecular weight excluding hydrogens is 454 g/mol. The van der Waals surface area contributed by atoms with Crippen molar-refractivity contribution in [3.63, 3.8) is 0 Å². The molecule has 0 spiro atoms. The third-order valence-electron chi connectivity index (χ3n) is 5.99. The Bertz CT molecular complexity index is 830. The summed E-state index contributed by atoms with van der Waals surface area (Å²) in [5.74, 6) is -0.0574.